The van der Waals surface area contributed by atoms with Crippen LogP contribution >= 0.6 is 22.9 Å². The summed E-state index contributed by atoms with van der Waals surface area (Å²) in [6.45, 7) is 1.04. The van der Waals surface area contributed by atoms with Crippen LogP contribution < -0.4 is 4.90 Å². The number of rotatable bonds is 3. The number of hydrogen-bond donors (Lipinski definition) is 0. The lowest BCUT2D eigenvalue weighted by molar-refractivity contribution is -0.147. The number of alkyl halides is 3. The standard InChI is InChI=1S/C19H17ClF3N5S/c20-13-3-1-12(2-4-13)7-27-11-28-17(24-10-25-28)16-14-5-6-26(9-19(21,22)23)8-15(14)29-18(16)27/h1-4,10H,5-9,11H2. The second-order valence-corrected chi connectivity index (χ2v) is 8.83. The molecule has 0 amide bonds. The van der Waals surface area contributed by atoms with Crippen molar-refractivity contribution in [2.24, 2.45) is 0 Å². The van der Waals surface area contributed by atoms with E-state index in [9.17, 15) is 13.2 Å². The van der Waals surface area contributed by atoms with Crippen LogP contribution in [-0.2, 0) is 26.2 Å². The molecule has 10 heteroatoms. The molecule has 0 aliphatic carbocycles. The Labute approximate surface area is 174 Å². The van der Waals surface area contributed by atoms with Gasteiger partial charge in [0, 0.05) is 29.5 Å². The topological polar surface area (TPSA) is 37.2 Å². The van der Waals surface area contributed by atoms with Gasteiger partial charge in [-0.1, -0.05) is 23.7 Å². The van der Waals surface area contributed by atoms with Crippen molar-refractivity contribution in [3.05, 3.63) is 51.6 Å². The zero-order valence-electron chi connectivity index (χ0n) is 15.3. The van der Waals surface area contributed by atoms with Gasteiger partial charge in [-0.05, 0) is 29.7 Å². The van der Waals surface area contributed by atoms with E-state index < -0.39 is 12.7 Å². The summed E-state index contributed by atoms with van der Waals surface area (Å²) in [6.07, 6.45) is -2.07. The monoisotopic (exact) mass is 439 g/mol. The summed E-state index contributed by atoms with van der Waals surface area (Å²) in [6, 6.07) is 7.68. The van der Waals surface area contributed by atoms with E-state index in [-0.39, 0.29) is 0 Å². The highest BCUT2D eigenvalue weighted by Gasteiger charge is 2.36. The minimum Gasteiger partial charge on any atom is -0.339 e. The molecule has 2 aliphatic rings. The molecule has 0 radical (unpaired) electrons. The molecule has 4 heterocycles. The summed E-state index contributed by atoms with van der Waals surface area (Å²) in [5, 5.41) is 6.08. The first kappa shape index (κ1) is 18.9. The number of hydrogen-bond acceptors (Lipinski definition) is 5. The number of benzene rings is 1. The van der Waals surface area contributed by atoms with Gasteiger partial charge in [-0.25, -0.2) is 9.67 Å². The number of fused-ring (bicyclic) bond motifs is 5. The van der Waals surface area contributed by atoms with E-state index in [2.05, 4.69) is 15.0 Å². The maximum atomic E-state index is 12.9. The Morgan fingerprint density at radius 1 is 1.17 bits per heavy atom. The van der Waals surface area contributed by atoms with Gasteiger partial charge in [0.2, 0.25) is 0 Å². The van der Waals surface area contributed by atoms with Crippen LogP contribution in [0.3, 0.4) is 0 Å². The smallest absolute Gasteiger partial charge is 0.339 e. The van der Waals surface area contributed by atoms with Crippen LogP contribution in [0.4, 0.5) is 18.2 Å². The lowest BCUT2D eigenvalue weighted by Crippen LogP contribution is -2.37. The third kappa shape index (κ3) is 3.62. The molecule has 0 spiro atoms. The van der Waals surface area contributed by atoms with Gasteiger partial charge in [-0.15, -0.1) is 11.3 Å². The van der Waals surface area contributed by atoms with Crippen molar-refractivity contribution >= 4 is 27.9 Å². The highest BCUT2D eigenvalue weighted by Crippen LogP contribution is 2.47. The fourth-order valence-electron chi connectivity index (χ4n) is 4.00. The molecule has 2 aliphatic heterocycles. The lowest BCUT2D eigenvalue weighted by Gasteiger charge is -2.30. The first-order valence-electron chi connectivity index (χ1n) is 9.18. The van der Waals surface area contributed by atoms with Crippen LogP contribution in [0.25, 0.3) is 11.4 Å². The van der Waals surface area contributed by atoms with Crippen LogP contribution in [-0.4, -0.2) is 38.9 Å². The zero-order valence-corrected chi connectivity index (χ0v) is 16.9. The van der Waals surface area contributed by atoms with Crippen LogP contribution in [0.2, 0.25) is 5.02 Å². The van der Waals surface area contributed by atoms with Gasteiger partial charge in [-0.3, -0.25) is 4.90 Å². The van der Waals surface area contributed by atoms with Gasteiger partial charge in [0.1, 0.15) is 18.0 Å². The molecular weight excluding hydrogens is 423 g/mol. The Kier molecular flexibility index (Phi) is 4.56. The third-order valence-electron chi connectivity index (χ3n) is 5.24. The average molecular weight is 440 g/mol. The fourth-order valence-corrected chi connectivity index (χ4v) is 5.50. The average Bonchev–Trinajstić information content (AvgIpc) is 3.25. The molecule has 0 bridgehead atoms. The van der Waals surface area contributed by atoms with Gasteiger partial charge in [0.05, 0.1) is 12.1 Å². The second kappa shape index (κ2) is 7.00. The first-order valence-corrected chi connectivity index (χ1v) is 10.4. The van der Waals surface area contributed by atoms with Crippen molar-refractivity contribution in [3.8, 4) is 11.4 Å². The van der Waals surface area contributed by atoms with Gasteiger partial charge in [0.15, 0.2) is 5.82 Å². The highest BCUT2D eigenvalue weighted by atomic mass is 35.5. The number of aromatic nitrogens is 3. The molecule has 5 nitrogen and oxygen atoms in total. The molecule has 2 aromatic heterocycles. The van der Waals surface area contributed by atoms with Crippen molar-refractivity contribution in [2.75, 3.05) is 18.0 Å². The van der Waals surface area contributed by atoms with Crippen molar-refractivity contribution in [3.63, 3.8) is 0 Å². The van der Waals surface area contributed by atoms with Gasteiger partial charge in [0.25, 0.3) is 0 Å². The predicted molar refractivity (Wildman–Crippen MR) is 106 cm³/mol. The molecule has 1 aromatic carbocycles. The summed E-state index contributed by atoms with van der Waals surface area (Å²) in [5.74, 6) is 0.800. The number of nitrogens with zero attached hydrogens (tertiary/aromatic N) is 5. The molecule has 0 saturated carbocycles. The summed E-state index contributed by atoms with van der Waals surface area (Å²) in [5.41, 5.74) is 3.24. The molecule has 0 atom stereocenters. The van der Waals surface area contributed by atoms with Crippen molar-refractivity contribution < 1.29 is 13.2 Å². The molecule has 0 fully saturated rings. The van der Waals surface area contributed by atoms with Crippen LogP contribution in [0.1, 0.15) is 16.0 Å². The number of anilines is 1. The highest BCUT2D eigenvalue weighted by molar-refractivity contribution is 7.17. The summed E-state index contributed by atoms with van der Waals surface area (Å²) in [4.78, 5) is 9.10. The third-order valence-corrected chi connectivity index (χ3v) is 6.77. The van der Waals surface area contributed by atoms with E-state index >= 15 is 0 Å². The lowest BCUT2D eigenvalue weighted by atomic mass is 10.0. The van der Waals surface area contributed by atoms with Gasteiger partial charge < -0.3 is 4.90 Å². The Morgan fingerprint density at radius 2 is 1.97 bits per heavy atom. The Balaban J connectivity index is 1.50. The Morgan fingerprint density at radius 3 is 2.72 bits per heavy atom. The number of thiophene rings is 1. The quantitative estimate of drug-likeness (QED) is 0.599. The minimum absolute atomic E-state index is 0.315. The van der Waals surface area contributed by atoms with Crippen molar-refractivity contribution in [1.82, 2.24) is 19.7 Å². The molecule has 0 unspecified atom stereocenters. The van der Waals surface area contributed by atoms with Gasteiger partial charge in [-0.2, -0.15) is 18.3 Å². The first-order chi connectivity index (χ1) is 13.9. The van der Waals surface area contributed by atoms with Crippen LogP contribution in [0.5, 0.6) is 0 Å². The molecule has 0 saturated heterocycles. The number of halogens is 4. The Hall–Kier alpha value is -2.10. The van der Waals surface area contributed by atoms with E-state index in [4.69, 9.17) is 11.6 Å². The van der Waals surface area contributed by atoms with E-state index in [0.717, 1.165) is 32.4 Å². The molecular formula is C19H17ClF3N5S. The Bertz CT molecular complexity index is 1040. The molecule has 5 rings (SSSR count). The molecule has 152 valence electrons. The fraction of sp³-hybridized carbons (Fsp3) is 0.368. The maximum Gasteiger partial charge on any atom is 0.401 e. The normalized spacial score (nSPS) is 16.5. The summed E-state index contributed by atoms with van der Waals surface area (Å²) >= 11 is 7.57. The van der Waals surface area contributed by atoms with Crippen LogP contribution in [0.15, 0.2) is 30.6 Å². The molecule has 0 N–H and O–H groups in total. The van der Waals surface area contributed by atoms with Crippen molar-refractivity contribution in [2.45, 2.75) is 32.4 Å². The second-order valence-electron chi connectivity index (χ2n) is 7.31. The van der Waals surface area contributed by atoms with E-state index in [0.29, 0.717) is 37.7 Å². The maximum absolute atomic E-state index is 12.9. The SMILES string of the molecule is FC(F)(F)CN1CCc2c(sc3c2-c2ncnn2CN3Cc2ccc(Cl)cc2)C1. The molecule has 3 aromatic rings. The molecule has 29 heavy (non-hydrogen) atoms. The van der Waals surface area contributed by atoms with Crippen molar-refractivity contribution in [1.29, 1.82) is 0 Å². The minimum atomic E-state index is -4.19. The van der Waals surface area contributed by atoms with Gasteiger partial charge >= 0.3 is 6.18 Å². The largest absolute Gasteiger partial charge is 0.401 e. The van der Waals surface area contributed by atoms with E-state index in [1.807, 2.05) is 28.9 Å². The summed E-state index contributed by atoms with van der Waals surface area (Å²) < 4.78 is 40.4. The van der Waals surface area contributed by atoms with Crippen LogP contribution in [0, 0.1) is 0 Å². The zero-order chi connectivity index (χ0) is 20.2. The van der Waals surface area contributed by atoms with E-state index in [1.165, 1.54) is 11.2 Å². The summed E-state index contributed by atoms with van der Waals surface area (Å²) in [7, 11) is 0. The predicted octanol–water partition coefficient (Wildman–Crippen LogP) is 4.56. The van der Waals surface area contributed by atoms with E-state index in [1.54, 1.807) is 11.3 Å².